The molecule has 0 fully saturated rings. The highest BCUT2D eigenvalue weighted by Gasteiger charge is 2.39. The van der Waals surface area contributed by atoms with Crippen LogP contribution >= 0.6 is 69.6 Å². The van der Waals surface area contributed by atoms with E-state index in [0.717, 1.165) is 5.56 Å². The first-order valence-electron chi connectivity index (χ1n) is 5.30. The van der Waals surface area contributed by atoms with Crippen molar-refractivity contribution in [1.82, 2.24) is 5.32 Å². The standard InChI is InChI=1S/C11H7Cl6N3/c12-10(13,14)8-18-7(6-4-2-1-3-5-6)19-9(20-8)11(15,16)17/h1-5,8H,(H,18,19,20)/t8-/m0/s1. The molecule has 3 nitrogen and oxygen atoms in total. The van der Waals surface area contributed by atoms with Gasteiger partial charge in [-0.3, -0.25) is 0 Å². The van der Waals surface area contributed by atoms with Gasteiger partial charge in [-0.15, -0.1) is 0 Å². The monoisotopic (exact) mass is 391 g/mol. The fraction of sp³-hybridized carbons (Fsp3) is 0.273. The molecule has 2 rings (SSSR count). The zero-order valence-corrected chi connectivity index (χ0v) is 14.2. The van der Waals surface area contributed by atoms with E-state index in [1.165, 1.54) is 0 Å². The van der Waals surface area contributed by atoms with Crippen molar-refractivity contribution in [2.75, 3.05) is 0 Å². The summed E-state index contributed by atoms with van der Waals surface area (Å²) in [4.78, 5) is 8.26. The van der Waals surface area contributed by atoms with E-state index in [1.807, 2.05) is 30.3 Å². The molecule has 0 aliphatic carbocycles. The van der Waals surface area contributed by atoms with Gasteiger partial charge in [0.1, 0.15) is 5.84 Å². The Hall–Kier alpha value is 0.100. The molecule has 0 spiro atoms. The molecule has 9 heteroatoms. The van der Waals surface area contributed by atoms with Gasteiger partial charge in [-0.25, -0.2) is 9.98 Å². The van der Waals surface area contributed by atoms with Crippen LogP contribution in [0.3, 0.4) is 0 Å². The summed E-state index contributed by atoms with van der Waals surface area (Å²) in [7, 11) is 0. The van der Waals surface area contributed by atoms with E-state index >= 15 is 0 Å². The zero-order valence-electron chi connectivity index (χ0n) is 9.63. The van der Waals surface area contributed by atoms with E-state index in [4.69, 9.17) is 69.6 Å². The van der Waals surface area contributed by atoms with Gasteiger partial charge in [-0.05, 0) is 0 Å². The fourth-order valence-electron chi connectivity index (χ4n) is 1.48. The number of benzene rings is 1. The van der Waals surface area contributed by atoms with Crippen LogP contribution in [0.2, 0.25) is 0 Å². The first kappa shape index (κ1) is 16.5. The minimum absolute atomic E-state index is 0.0488. The minimum atomic E-state index is -1.77. The highest BCUT2D eigenvalue weighted by Crippen LogP contribution is 2.36. The van der Waals surface area contributed by atoms with Crippen LogP contribution in [-0.4, -0.2) is 25.4 Å². The summed E-state index contributed by atoms with van der Waals surface area (Å²) in [6.45, 7) is 0. The van der Waals surface area contributed by atoms with Crippen LogP contribution in [0.15, 0.2) is 40.3 Å². The Bertz CT molecular complexity index is 544. The van der Waals surface area contributed by atoms with Gasteiger partial charge >= 0.3 is 0 Å². The van der Waals surface area contributed by atoms with Crippen LogP contribution in [0.4, 0.5) is 0 Å². The van der Waals surface area contributed by atoms with Crippen LogP contribution < -0.4 is 5.32 Å². The van der Waals surface area contributed by atoms with Gasteiger partial charge in [0.05, 0.1) is 0 Å². The van der Waals surface area contributed by atoms with Gasteiger partial charge in [0.15, 0.2) is 12.0 Å². The summed E-state index contributed by atoms with van der Waals surface area (Å²) in [6.07, 6.45) is -1.01. The molecule has 1 aliphatic rings. The van der Waals surface area contributed by atoms with Crippen LogP contribution in [0, 0.1) is 0 Å². The number of halogens is 6. The van der Waals surface area contributed by atoms with Gasteiger partial charge in [0, 0.05) is 5.56 Å². The second-order valence-corrected chi connectivity index (χ2v) is 8.51. The molecule has 20 heavy (non-hydrogen) atoms. The first-order chi connectivity index (χ1) is 9.18. The van der Waals surface area contributed by atoms with Crippen molar-refractivity contribution < 1.29 is 0 Å². The van der Waals surface area contributed by atoms with Gasteiger partial charge in [0.2, 0.25) is 7.59 Å². The number of alkyl halides is 6. The van der Waals surface area contributed by atoms with Crippen molar-refractivity contribution >= 4 is 81.3 Å². The van der Waals surface area contributed by atoms with Crippen molar-refractivity contribution in [2.24, 2.45) is 9.98 Å². The largest absolute Gasteiger partial charge is 0.325 e. The molecule has 108 valence electrons. The Morgan fingerprint density at radius 1 is 0.900 bits per heavy atom. The fourth-order valence-corrected chi connectivity index (χ4v) is 2.06. The molecule has 0 radical (unpaired) electrons. The van der Waals surface area contributed by atoms with Crippen molar-refractivity contribution in [2.45, 2.75) is 13.8 Å². The molecule has 1 atom stereocenters. The lowest BCUT2D eigenvalue weighted by Gasteiger charge is -2.27. The Morgan fingerprint density at radius 2 is 1.50 bits per heavy atom. The quantitative estimate of drug-likeness (QED) is 0.700. The SMILES string of the molecule is ClC(Cl)(Cl)C1=N[C@@H](C(Cl)(Cl)Cl)N=C(c2ccccc2)N1. The average molecular weight is 394 g/mol. The topological polar surface area (TPSA) is 36.8 Å². The molecule has 1 aromatic rings. The third-order valence-electron chi connectivity index (χ3n) is 2.35. The first-order valence-corrected chi connectivity index (χ1v) is 7.56. The Morgan fingerprint density at radius 3 is 2.00 bits per heavy atom. The molecular formula is C11H7Cl6N3. The number of rotatable bonds is 1. The number of hydrogen-bond acceptors (Lipinski definition) is 3. The average Bonchev–Trinajstić information content (AvgIpc) is 2.37. The zero-order chi connectivity index (χ0) is 15.0. The van der Waals surface area contributed by atoms with E-state index < -0.39 is 13.8 Å². The second-order valence-electron chi connectivity index (χ2n) is 3.86. The van der Waals surface area contributed by atoms with Gasteiger partial charge in [0.25, 0.3) is 0 Å². The lowest BCUT2D eigenvalue weighted by Crippen LogP contribution is -2.46. The predicted molar refractivity (Wildman–Crippen MR) is 87.9 cm³/mol. The lowest BCUT2D eigenvalue weighted by atomic mass is 10.2. The van der Waals surface area contributed by atoms with E-state index in [-0.39, 0.29) is 5.84 Å². The molecule has 1 aliphatic heterocycles. The maximum Gasteiger partial charge on any atom is 0.247 e. The summed E-state index contributed by atoms with van der Waals surface area (Å²) in [5, 5.41) is 2.84. The second kappa shape index (κ2) is 6.07. The summed E-state index contributed by atoms with van der Waals surface area (Å²) in [6, 6.07) is 9.18. The van der Waals surface area contributed by atoms with Gasteiger partial charge < -0.3 is 5.32 Å². The number of nitrogens with zero attached hydrogens (tertiary/aromatic N) is 2. The number of nitrogens with one attached hydrogen (secondary N) is 1. The summed E-state index contributed by atoms with van der Waals surface area (Å²) in [5.41, 5.74) is 0.758. The third kappa shape index (κ3) is 4.06. The van der Waals surface area contributed by atoms with E-state index in [1.54, 1.807) is 0 Å². The molecule has 0 saturated heterocycles. The highest BCUT2D eigenvalue weighted by molar-refractivity contribution is 6.77. The lowest BCUT2D eigenvalue weighted by molar-refractivity contribution is 0.710. The molecule has 0 unspecified atom stereocenters. The Labute approximate surface area is 145 Å². The van der Waals surface area contributed by atoms with E-state index in [0.29, 0.717) is 5.84 Å². The van der Waals surface area contributed by atoms with E-state index in [2.05, 4.69) is 15.3 Å². The number of amidine groups is 2. The van der Waals surface area contributed by atoms with Crippen LogP contribution in [0.5, 0.6) is 0 Å². The Balaban J connectivity index is 2.42. The van der Waals surface area contributed by atoms with Crippen molar-refractivity contribution in [3.05, 3.63) is 35.9 Å². The molecule has 1 heterocycles. The van der Waals surface area contributed by atoms with Crippen molar-refractivity contribution in [3.8, 4) is 0 Å². The summed E-state index contributed by atoms with van der Waals surface area (Å²) in [5.74, 6) is 0.464. The number of hydrogen-bond donors (Lipinski definition) is 1. The van der Waals surface area contributed by atoms with Crippen molar-refractivity contribution in [1.29, 1.82) is 0 Å². The molecule has 0 amide bonds. The molecule has 0 bridgehead atoms. The molecule has 0 aromatic heterocycles. The van der Waals surface area contributed by atoms with Crippen LogP contribution in [0.25, 0.3) is 0 Å². The third-order valence-corrected chi connectivity index (χ3v) is 3.47. The summed E-state index contributed by atoms with van der Waals surface area (Å²) >= 11 is 35.0. The Kier molecular flexibility index (Phi) is 5.00. The smallest absolute Gasteiger partial charge is 0.247 e. The van der Waals surface area contributed by atoms with Gasteiger partial charge in [-0.2, -0.15) is 0 Å². The molecule has 1 N–H and O–H groups in total. The predicted octanol–water partition coefficient (Wildman–Crippen LogP) is 4.50. The molecule has 0 saturated carbocycles. The molecular weight excluding hydrogens is 387 g/mol. The number of aliphatic imine (C=N–C) groups is 2. The van der Waals surface area contributed by atoms with Gasteiger partial charge in [-0.1, -0.05) is 99.9 Å². The maximum absolute atomic E-state index is 5.84. The van der Waals surface area contributed by atoms with Crippen LogP contribution in [-0.2, 0) is 0 Å². The molecule has 1 aromatic carbocycles. The minimum Gasteiger partial charge on any atom is -0.325 e. The van der Waals surface area contributed by atoms with Crippen LogP contribution in [0.1, 0.15) is 5.56 Å². The highest BCUT2D eigenvalue weighted by atomic mass is 35.6. The summed E-state index contributed by atoms with van der Waals surface area (Å²) < 4.78 is -3.52. The van der Waals surface area contributed by atoms with Crippen molar-refractivity contribution in [3.63, 3.8) is 0 Å². The normalized spacial score (nSPS) is 20.0. The maximum atomic E-state index is 5.84. The van der Waals surface area contributed by atoms with E-state index in [9.17, 15) is 0 Å².